The van der Waals surface area contributed by atoms with Crippen molar-refractivity contribution in [2.75, 3.05) is 26.3 Å². The molecule has 2 aliphatic rings. The Kier molecular flexibility index (Phi) is 10.9. The van der Waals surface area contributed by atoms with Crippen LogP contribution >= 0.6 is 0 Å². The number of nitrogens with zero attached hydrogens (tertiary/aromatic N) is 2. The summed E-state index contributed by atoms with van der Waals surface area (Å²) >= 11 is 0. The molecule has 34 heavy (non-hydrogen) atoms. The molecular formula is C28H58N4O2. The van der Waals surface area contributed by atoms with Crippen LogP contribution in [0.15, 0.2) is 0 Å². The van der Waals surface area contributed by atoms with Gasteiger partial charge in [0.15, 0.2) is 0 Å². The fourth-order valence-corrected chi connectivity index (χ4v) is 6.99. The Bertz CT molecular complexity index is 517. The summed E-state index contributed by atoms with van der Waals surface area (Å²) in [6.45, 7) is 26.4. The van der Waals surface area contributed by atoms with Crippen molar-refractivity contribution in [1.82, 2.24) is 20.8 Å². The maximum absolute atomic E-state index is 6.02. The van der Waals surface area contributed by atoms with Crippen molar-refractivity contribution < 1.29 is 9.68 Å². The lowest BCUT2D eigenvalue weighted by Crippen LogP contribution is -2.63. The van der Waals surface area contributed by atoms with Crippen molar-refractivity contribution in [1.29, 1.82) is 0 Å². The standard InChI is InChI=1S/C28H58N4O2/c1-11-33-31-25(3,4)19-23(20-26(31,5)6)29-17-15-13-14-16-18-30-24-21-27(7,8)32(34-12-2)28(9,10)22-24/h23-24,29-30H,11-22H2,1-10H3. The van der Waals surface area contributed by atoms with E-state index in [9.17, 15) is 0 Å². The highest BCUT2D eigenvalue weighted by molar-refractivity contribution is 5.00. The van der Waals surface area contributed by atoms with Crippen molar-refractivity contribution in [2.24, 2.45) is 0 Å². The number of unbranched alkanes of at least 4 members (excludes halogenated alkanes) is 3. The lowest BCUT2D eigenvalue weighted by atomic mass is 9.79. The molecule has 6 heteroatoms. The van der Waals surface area contributed by atoms with E-state index in [1.807, 2.05) is 0 Å². The predicted molar refractivity (Wildman–Crippen MR) is 144 cm³/mol. The third-order valence-corrected chi connectivity index (χ3v) is 7.67. The van der Waals surface area contributed by atoms with Gasteiger partial charge in [-0.05, 0) is 121 Å². The molecule has 0 aliphatic carbocycles. The maximum atomic E-state index is 6.02. The fraction of sp³-hybridized carbons (Fsp3) is 1.00. The molecule has 0 spiro atoms. The van der Waals surface area contributed by atoms with Gasteiger partial charge in [0.2, 0.25) is 0 Å². The van der Waals surface area contributed by atoms with E-state index in [0.717, 1.165) is 52.0 Å². The zero-order valence-electron chi connectivity index (χ0n) is 24.4. The van der Waals surface area contributed by atoms with Crippen LogP contribution in [0.4, 0.5) is 0 Å². The molecule has 0 radical (unpaired) electrons. The van der Waals surface area contributed by atoms with Crippen LogP contribution in [0.25, 0.3) is 0 Å². The summed E-state index contributed by atoms with van der Waals surface area (Å²) in [6.07, 6.45) is 9.67. The van der Waals surface area contributed by atoms with Gasteiger partial charge in [0.25, 0.3) is 0 Å². The molecule has 0 bridgehead atoms. The number of rotatable bonds is 13. The van der Waals surface area contributed by atoms with Gasteiger partial charge in [-0.25, -0.2) is 0 Å². The molecule has 2 aliphatic heterocycles. The van der Waals surface area contributed by atoms with Crippen LogP contribution in [0.3, 0.4) is 0 Å². The maximum Gasteiger partial charge on any atom is 0.0657 e. The average Bonchev–Trinajstić information content (AvgIpc) is 2.68. The minimum absolute atomic E-state index is 0.0586. The quantitative estimate of drug-likeness (QED) is 0.330. The molecule has 0 amide bonds. The van der Waals surface area contributed by atoms with E-state index in [4.69, 9.17) is 9.68 Å². The molecule has 0 aromatic carbocycles. The van der Waals surface area contributed by atoms with E-state index in [2.05, 4.69) is 90.0 Å². The second kappa shape index (κ2) is 12.3. The summed E-state index contributed by atoms with van der Waals surface area (Å²) in [5, 5.41) is 12.2. The molecule has 0 aromatic heterocycles. The van der Waals surface area contributed by atoms with Crippen molar-refractivity contribution in [3.8, 4) is 0 Å². The van der Waals surface area contributed by atoms with Gasteiger partial charge in [-0.15, -0.1) is 0 Å². The summed E-state index contributed by atoms with van der Waals surface area (Å²) < 4.78 is 0. The van der Waals surface area contributed by atoms with Gasteiger partial charge in [0, 0.05) is 34.2 Å². The molecule has 2 heterocycles. The predicted octanol–water partition coefficient (Wildman–Crippen LogP) is 5.67. The van der Waals surface area contributed by atoms with Crippen LogP contribution in [0.1, 0.15) is 121 Å². The van der Waals surface area contributed by atoms with Gasteiger partial charge in [-0.2, -0.15) is 10.1 Å². The van der Waals surface area contributed by atoms with Gasteiger partial charge >= 0.3 is 0 Å². The van der Waals surface area contributed by atoms with Gasteiger partial charge in [0.05, 0.1) is 13.2 Å². The van der Waals surface area contributed by atoms with Crippen LogP contribution in [-0.2, 0) is 9.68 Å². The Hall–Kier alpha value is -0.240. The third kappa shape index (κ3) is 8.14. The minimum Gasteiger partial charge on any atom is -0.314 e. The Labute approximate surface area is 211 Å². The SMILES string of the molecule is CCON1C(C)(C)CC(NCCCCCCNC2CC(C)(C)N(OCC)C(C)(C)C2)CC1(C)C. The Morgan fingerprint density at radius 3 is 1.12 bits per heavy atom. The van der Waals surface area contributed by atoms with Crippen LogP contribution in [0.2, 0.25) is 0 Å². The number of hydroxylamine groups is 4. The highest BCUT2D eigenvalue weighted by atomic mass is 16.7. The van der Waals surface area contributed by atoms with E-state index in [1.54, 1.807) is 0 Å². The molecule has 0 unspecified atom stereocenters. The molecule has 2 N–H and O–H groups in total. The van der Waals surface area contributed by atoms with Crippen molar-refractivity contribution in [3.05, 3.63) is 0 Å². The van der Waals surface area contributed by atoms with Crippen molar-refractivity contribution in [2.45, 2.75) is 155 Å². The lowest BCUT2D eigenvalue weighted by molar-refractivity contribution is -0.281. The van der Waals surface area contributed by atoms with Crippen LogP contribution in [-0.4, -0.2) is 70.7 Å². The molecule has 2 saturated heterocycles. The molecular weight excluding hydrogens is 424 g/mol. The topological polar surface area (TPSA) is 49.0 Å². The summed E-state index contributed by atoms with van der Waals surface area (Å²) in [4.78, 5) is 12.0. The number of hydrogen-bond donors (Lipinski definition) is 2. The summed E-state index contributed by atoms with van der Waals surface area (Å²) in [6, 6.07) is 1.13. The molecule has 0 atom stereocenters. The first-order valence-corrected chi connectivity index (χ1v) is 14.1. The normalized spacial score (nSPS) is 25.6. The molecule has 0 aromatic rings. The summed E-state index contributed by atoms with van der Waals surface area (Å²) in [5.41, 5.74) is 0.234. The van der Waals surface area contributed by atoms with E-state index in [0.29, 0.717) is 12.1 Å². The van der Waals surface area contributed by atoms with Crippen LogP contribution in [0.5, 0.6) is 0 Å². The van der Waals surface area contributed by atoms with Crippen LogP contribution < -0.4 is 10.6 Å². The Morgan fingerprint density at radius 2 is 0.853 bits per heavy atom. The molecule has 2 fully saturated rings. The fourth-order valence-electron chi connectivity index (χ4n) is 6.99. The van der Waals surface area contributed by atoms with E-state index < -0.39 is 0 Å². The van der Waals surface area contributed by atoms with Gasteiger partial charge in [-0.3, -0.25) is 9.68 Å². The smallest absolute Gasteiger partial charge is 0.0657 e. The first-order chi connectivity index (χ1) is 15.7. The Balaban J connectivity index is 1.62. The number of hydrogen-bond acceptors (Lipinski definition) is 6. The first-order valence-electron chi connectivity index (χ1n) is 14.1. The molecule has 0 saturated carbocycles. The first kappa shape index (κ1) is 30.0. The number of piperidine rings is 2. The molecule has 6 nitrogen and oxygen atoms in total. The Morgan fingerprint density at radius 1 is 0.559 bits per heavy atom. The zero-order chi connectivity index (χ0) is 25.6. The van der Waals surface area contributed by atoms with Crippen molar-refractivity contribution in [3.63, 3.8) is 0 Å². The van der Waals surface area contributed by atoms with E-state index >= 15 is 0 Å². The minimum atomic E-state index is 0.0586. The highest BCUT2D eigenvalue weighted by Gasteiger charge is 2.47. The van der Waals surface area contributed by atoms with Gasteiger partial charge in [-0.1, -0.05) is 12.8 Å². The second-order valence-electron chi connectivity index (χ2n) is 13.2. The summed E-state index contributed by atoms with van der Waals surface area (Å²) in [7, 11) is 0. The van der Waals surface area contributed by atoms with Crippen LogP contribution in [0, 0.1) is 0 Å². The monoisotopic (exact) mass is 482 g/mol. The van der Waals surface area contributed by atoms with Gasteiger partial charge in [0.1, 0.15) is 0 Å². The number of nitrogens with one attached hydrogen (secondary N) is 2. The van der Waals surface area contributed by atoms with E-state index in [1.165, 1.54) is 25.7 Å². The summed E-state index contributed by atoms with van der Waals surface area (Å²) in [5.74, 6) is 0. The van der Waals surface area contributed by atoms with E-state index in [-0.39, 0.29) is 22.2 Å². The van der Waals surface area contributed by atoms with Crippen molar-refractivity contribution >= 4 is 0 Å². The lowest BCUT2D eigenvalue weighted by Gasteiger charge is -2.54. The largest absolute Gasteiger partial charge is 0.314 e. The third-order valence-electron chi connectivity index (χ3n) is 7.67. The van der Waals surface area contributed by atoms with Gasteiger partial charge < -0.3 is 10.6 Å². The zero-order valence-corrected chi connectivity index (χ0v) is 24.4. The highest BCUT2D eigenvalue weighted by Crippen LogP contribution is 2.39. The molecule has 2 rings (SSSR count). The second-order valence-corrected chi connectivity index (χ2v) is 13.2. The molecule has 202 valence electrons. The average molecular weight is 483 g/mol.